The zero-order valence-corrected chi connectivity index (χ0v) is 22.2. The SMILES string of the molecule is CC(=O)NCc1ccc(S(=O)(=O)N(Cc2ccccc2)[C@@H]2CS(=O)(=O)C[C@@H]2NCc2ccccc2)cc1. The molecule has 2 atom stereocenters. The first kappa shape index (κ1) is 27.0. The van der Waals surface area contributed by atoms with Gasteiger partial charge in [0.1, 0.15) is 0 Å². The van der Waals surface area contributed by atoms with Crippen LogP contribution in [0.1, 0.15) is 23.6 Å². The van der Waals surface area contributed by atoms with Gasteiger partial charge >= 0.3 is 0 Å². The van der Waals surface area contributed by atoms with Gasteiger partial charge in [0.2, 0.25) is 15.9 Å². The Morgan fingerprint density at radius 2 is 1.41 bits per heavy atom. The van der Waals surface area contributed by atoms with E-state index < -0.39 is 31.9 Å². The van der Waals surface area contributed by atoms with Crippen LogP contribution in [-0.4, -0.2) is 50.6 Å². The van der Waals surface area contributed by atoms with Gasteiger partial charge in [-0.3, -0.25) is 4.79 Å². The molecule has 0 radical (unpaired) electrons. The summed E-state index contributed by atoms with van der Waals surface area (Å²) in [7, 11) is -7.52. The summed E-state index contributed by atoms with van der Waals surface area (Å²) in [6.07, 6.45) is 0. The summed E-state index contributed by atoms with van der Waals surface area (Å²) < 4.78 is 54.8. The highest BCUT2D eigenvalue weighted by Crippen LogP contribution is 2.28. The molecule has 3 aromatic rings. The van der Waals surface area contributed by atoms with Crippen molar-refractivity contribution in [2.75, 3.05) is 11.5 Å². The Labute approximate surface area is 218 Å². The van der Waals surface area contributed by atoms with Crippen LogP contribution in [0.4, 0.5) is 0 Å². The van der Waals surface area contributed by atoms with E-state index in [0.717, 1.165) is 16.7 Å². The van der Waals surface area contributed by atoms with E-state index in [9.17, 15) is 21.6 Å². The lowest BCUT2D eigenvalue weighted by Crippen LogP contribution is -2.51. The highest BCUT2D eigenvalue weighted by atomic mass is 32.2. The van der Waals surface area contributed by atoms with Crippen molar-refractivity contribution in [1.82, 2.24) is 14.9 Å². The minimum Gasteiger partial charge on any atom is -0.352 e. The van der Waals surface area contributed by atoms with Gasteiger partial charge in [0.15, 0.2) is 9.84 Å². The van der Waals surface area contributed by atoms with Crippen LogP contribution in [0, 0.1) is 0 Å². The van der Waals surface area contributed by atoms with E-state index in [4.69, 9.17) is 0 Å². The van der Waals surface area contributed by atoms with Gasteiger partial charge in [-0.05, 0) is 28.8 Å². The number of rotatable bonds is 10. The summed E-state index contributed by atoms with van der Waals surface area (Å²) in [5.74, 6) is -0.574. The number of carbonyl (C=O) groups is 1. The van der Waals surface area contributed by atoms with Crippen molar-refractivity contribution in [3.05, 3.63) is 102 Å². The molecule has 0 unspecified atom stereocenters. The van der Waals surface area contributed by atoms with Crippen molar-refractivity contribution in [3.8, 4) is 0 Å². The molecule has 1 amide bonds. The second-order valence-corrected chi connectivity index (χ2v) is 13.3. The molecule has 196 valence electrons. The first-order valence-corrected chi connectivity index (χ1v) is 15.3. The van der Waals surface area contributed by atoms with E-state index in [1.165, 1.54) is 23.4 Å². The zero-order valence-electron chi connectivity index (χ0n) is 20.6. The van der Waals surface area contributed by atoms with E-state index in [0.29, 0.717) is 6.54 Å². The molecule has 0 aromatic heterocycles. The second-order valence-electron chi connectivity index (χ2n) is 9.21. The smallest absolute Gasteiger partial charge is 0.243 e. The highest BCUT2D eigenvalue weighted by molar-refractivity contribution is 7.92. The van der Waals surface area contributed by atoms with Crippen molar-refractivity contribution in [2.45, 2.75) is 43.5 Å². The van der Waals surface area contributed by atoms with Crippen LogP contribution in [0.5, 0.6) is 0 Å². The average molecular weight is 542 g/mol. The molecule has 0 spiro atoms. The minimum absolute atomic E-state index is 0.0422. The first-order valence-electron chi connectivity index (χ1n) is 12.0. The molecule has 1 heterocycles. The fourth-order valence-corrected chi connectivity index (χ4v) is 8.14. The molecule has 8 nitrogen and oxygen atoms in total. The highest BCUT2D eigenvalue weighted by Gasteiger charge is 2.45. The van der Waals surface area contributed by atoms with E-state index in [-0.39, 0.29) is 35.4 Å². The van der Waals surface area contributed by atoms with Crippen LogP contribution in [0.25, 0.3) is 0 Å². The molecular weight excluding hydrogens is 510 g/mol. The van der Waals surface area contributed by atoms with Gasteiger partial charge in [-0.15, -0.1) is 0 Å². The van der Waals surface area contributed by atoms with Crippen molar-refractivity contribution < 1.29 is 21.6 Å². The average Bonchev–Trinajstić information content (AvgIpc) is 3.20. The predicted molar refractivity (Wildman–Crippen MR) is 143 cm³/mol. The number of benzene rings is 3. The maximum atomic E-state index is 14.0. The number of sulfone groups is 1. The van der Waals surface area contributed by atoms with Crippen LogP contribution < -0.4 is 10.6 Å². The fraction of sp³-hybridized carbons (Fsp3) is 0.296. The number of nitrogens with one attached hydrogen (secondary N) is 2. The Hall–Kier alpha value is -3.05. The molecule has 10 heteroatoms. The van der Waals surface area contributed by atoms with Crippen LogP contribution >= 0.6 is 0 Å². The van der Waals surface area contributed by atoms with Gasteiger partial charge in [0.05, 0.1) is 22.4 Å². The fourth-order valence-electron chi connectivity index (χ4n) is 4.44. The molecule has 1 saturated heterocycles. The largest absolute Gasteiger partial charge is 0.352 e. The number of hydrogen-bond acceptors (Lipinski definition) is 6. The second kappa shape index (κ2) is 11.6. The number of sulfonamides is 1. The van der Waals surface area contributed by atoms with E-state index in [1.807, 2.05) is 60.7 Å². The standard InChI is InChI=1S/C27H31N3O5S2/c1-21(31)28-16-23-12-14-25(15-13-23)37(34,35)30(18-24-10-6-3-7-11-24)27-20-36(32,33)19-26(27)29-17-22-8-4-2-5-9-22/h2-15,26-27,29H,16-20H2,1H3,(H,28,31)/t26-,27+/m0/s1. The normalized spacial score (nSPS) is 19.1. The maximum Gasteiger partial charge on any atom is 0.243 e. The summed E-state index contributed by atoms with van der Waals surface area (Å²) in [6, 6.07) is 23.7. The lowest BCUT2D eigenvalue weighted by Gasteiger charge is -2.32. The van der Waals surface area contributed by atoms with Crippen molar-refractivity contribution >= 4 is 25.8 Å². The topological polar surface area (TPSA) is 113 Å². The minimum atomic E-state index is -4.06. The molecular formula is C27H31N3O5S2. The van der Waals surface area contributed by atoms with Gasteiger partial charge in [-0.1, -0.05) is 72.8 Å². The third kappa shape index (κ3) is 7.04. The number of hydrogen-bond donors (Lipinski definition) is 2. The molecule has 3 aromatic carbocycles. The number of amides is 1. The van der Waals surface area contributed by atoms with Crippen LogP contribution in [-0.2, 0) is 44.3 Å². The Bertz CT molecular complexity index is 1410. The molecule has 37 heavy (non-hydrogen) atoms. The van der Waals surface area contributed by atoms with E-state index in [1.54, 1.807) is 12.1 Å². The molecule has 0 saturated carbocycles. The van der Waals surface area contributed by atoms with Crippen molar-refractivity contribution in [3.63, 3.8) is 0 Å². The molecule has 1 aliphatic rings. The van der Waals surface area contributed by atoms with Crippen LogP contribution in [0.15, 0.2) is 89.8 Å². The molecule has 0 aliphatic carbocycles. The Kier molecular flexibility index (Phi) is 8.43. The predicted octanol–water partition coefficient (Wildman–Crippen LogP) is 2.47. The lowest BCUT2D eigenvalue weighted by molar-refractivity contribution is -0.119. The third-order valence-corrected chi connectivity index (χ3v) is 9.96. The monoisotopic (exact) mass is 541 g/mol. The summed E-state index contributed by atoms with van der Waals surface area (Å²) in [5.41, 5.74) is 2.51. The molecule has 1 fully saturated rings. The first-order chi connectivity index (χ1) is 17.6. The Morgan fingerprint density at radius 1 is 0.838 bits per heavy atom. The lowest BCUT2D eigenvalue weighted by atomic mass is 10.1. The van der Waals surface area contributed by atoms with E-state index in [2.05, 4.69) is 10.6 Å². The molecule has 2 N–H and O–H groups in total. The Balaban J connectivity index is 1.65. The number of nitrogens with zero attached hydrogens (tertiary/aromatic N) is 1. The maximum absolute atomic E-state index is 14.0. The zero-order chi connectivity index (χ0) is 26.5. The number of carbonyl (C=O) groups excluding carboxylic acids is 1. The van der Waals surface area contributed by atoms with Crippen LogP contribution in [0.3, 0.4) is 0 Å². The summed E-state index contributed by atoms with van der Waals surface area (Å²) >= 11 is 0. The summed E-state index contributed by atoms with van der Waals surface area (Å²) in [6.45, 7) is 2.17. The van der Waals surface area contributed by atoms with Crippen molar-refractivity contribution in [2.24, 2.45) is 0 Å². The van der Waals surface area contributed by atoms with Gasteiger partial charge in [0, 0.05) is 32.6 Å². The van der Waals surface area contributed by atoms with Gasteiger partial charge in [0.25, 0.3) is 0 Å². The molecule has 1 aliphatic heterocycles. The summed E-state index contributed by atoms with van der Waals surface area (Å²) in [5, 5.41) is 5.99. The Morgan fingerprint density at radius 3 is 2.00 bits per heavy atom. The molecule has 0 bridgehead atoms. The molecule has 4 rings (SSSR count). The van der Waals surface area contributed by atoms with Crippen LogP contribution in [0.2, 0.25) is 0 Å². The van der Waals surface area contributed by atoms with Gasteiger partial charge in [-0.25, -0.2) is 16.8 Å². The van der Waals surface area contributed by atoms with Gasteiger partial charge < -0.3 is 10.6 Å². The summed E-state index contributed by atoms with van der Waals surface area (Å²) in [4.78, 5) is 11.3. The van der Waals surface area contributed by atoms with Gasteiger partial charge in [-0.2, -0.15) is 4.31 Å². The van der Waals surface area contributed by atoms with E-state index >= 15 is 0 Å². The third-order valence-electron chi connectivity index (χ3n) is 6.36. The quantitative estimate of drug-likeness (QED) is 0.408. The van der Waals surface area contributed by atoms with Crippen molar-refractivity contribution in [1.29, 1.82) is 0 Å².